The van der Waals surface area contributed by atoms with Gasteiger partial charge in [0.1, 0.15) is 0 Å². The lowest BCUT2D eigenvalue weighted by atomic mass is 9.76. The maximum absolute atomic E-state index is 13.2. The van der Waals surface area contributed by atoms with Crippen LogP contribution in [0.1, 0.15) is 35.1 Å². The number of rotatable bonds is 5. The number of nitrogens with one attached hydrogen (secondary N) is 2. The van der Waals surface area contributed by atoms with Gasteiger partial charge >= 0.3 is 6.18 Å². The third kappa shape index (κ3) is 4.64. The summed E-state index contributed by atoms with van der Waals surface area (Å²) in [6.07, 6.45) is -0.206. The smallest absolute Gasteiger partial charge is 0.377 e. The Hall–Kier alpha value is -3.57. The number of fused-ring (bicyclic) bond motifs is 3. The molecule has 1 aliphatic carbocycles. The highest BCUT2D eigenvalue weighted by Gasteiger charge is 2.41. The van der Waals surface area contributed by atoms with Gasteiger partial charge in [0.25, 0.3) is 15.7 Å². The number of anilines is 2. The molecule has 0 fully saturated rings. The Morgan fingerprint density at radius 3 is 2.54 bits per heavy atom. The first kappa shape index (κ1) is 25.1. The molecule has 0 aromatic heterocycles. The van der Waals surface area contributed by atoms with Crippen molar-refractivity contribution in [1.82, 2.24) is 0 Å². The summed E-state index contributed by atoms with van der Waals surface area (Å²) in [6.45, 7) is 0. The minimum Gasteiger partial charge on any atom is -0.377 e. The largest absolute Gasteiger partial charge is 0.417 e. The van der Waals surface area contributed by atoms with E-state index in [4.69, 9.17) is 11.6 Å². The zero-order valence-corrected chi connectivity index (χ0v) is 20.4. The monoisotopic (exact) mass is 549 g/mol. The maximum Gasteiger partial charge on any atom is 0.417 e. The minimum atomic E-state index is -4.75. The highest BCUT2D eigenvalue weighted by molar-refractivity contribution is 7.92. The predicted octanol–water partition coefficient (Wildman–Crippen LogP) is 6.89. The molecule has 3 aromatic rings. The second-order valence-corrected chi connectivity index (χ2v) is 10.9. The van der Waals surface area contributed by atoms with Crippen LogP contribution in [0, 0.1) is 16.0 Å². The molecule has 1 aliphatic heterocycles. The SMILES string of the molecule is O=[N+]([O-])c1ccccc1[C@H]1Nc2ccc(S(=O)(=O)Nc3ccc(Cl)c(C(F)(F)F)c3)cc2[C@H]2C=CC[C@H]21. The van der Waals surface area contributed by atoms with Gasteiger partial charge in [-0.05, 0) is 54.3 Å². The fourth-order valence-corrected chi connectivity index (χ4v) is 6.29. The van der Waals surface area contributed by atoms with Gasteiger partial charge < -0.3 is 5.32 Å². The van der Waals surface area contributed by atoms with Gasteiger partial charge in [-0.1, -0.05) is 42.0 Å². The van der Waals surface area contributed by atoms with Gasteiger partial charge in [0.15, 0.2) is 0 Å². The molecule has 7 nitrogen and oxygen atoms in total. The van der Waals surface area contributed by atoms with E-state index >= 15 is 0 Å². The van der Waals surface area contributed by atoms with Gasteiger partial charge in [-0.25, -0.2) is 8.42 Å². The van der Waals surface area contributed by atoms with Crippen LogP contribution in [0.15, 0.2) is 77.7 Å². The van der Waals surface area contributed by atoms with Crippen molar-refractivity contribution in [2.24, 2.45) is 5.92 Å². The molecule has 37 heavy (non-hydrogen) atoms. The third-order valence-electron chi connectivity index (χ3n) is 6.64. The fourth-order valence-electron chi connectivity index (χ4n) is 4.98. The Morgan fingerprint density at radius 2 is 1.81 bits per heavy atom. The molecular weight excluding hydrogens is 531 g/mol. The van der Waals surface area contributed by atoms with Gasteiger partial charge in [0, 0.05) is 23.4 Å². The zero-order valence-electron chi connectivity index (χ0n) is 18.9. The molecule has 0 unspecified atom stereocenters. The Morgan fingerprint density at radius 1 is 1.05 bits per heavy atom. The van der Waals surface area contributed by atoms with Gasteiger partial charge in [0.05, 0.1) is 32.0 Å². The van der Waals surface area contributed by atoms with Crippen molar-refractivity contribution in [3.05, 3.63) is 105 Å². The number of hydrogen-bond donors (Lipinski definition) is 2. The molecular formula is C25H19ClF3N3O4S. The van der Waals surface area contributed by atoms with E-state index in [1.807, 2.05) is 12.2 Å². The van der Waals surface area contributed by atoms with Crippen LogP contribution in [0.5, 0.6) is 0 Å². The van der Waals surface area contributed by atoms with Crippen LogP contribution >= 0.6 is 11.6 Å². The van der Waals surface area contributed by atoms with Crippen molar-refractivity contribution >= 4 is 38.7 Å². The average Bonchev–Trinajstić information content (AvgIpc) is 3.34. The first-order valence-electron chi connectivity index (χ1n) is 11.2. The van der Waals surface area contributed by atoms with Crippen molar-refractivity contribution in [3.63, 3.8) is 0 Å². The van der Waals surface area contributed by atoms with Crippen LogP contribution in [-0.4, -0.2) is 13.3 Å². The summed E-state index contributed by atoms with van der Waals surface area (Å²) in [5, 5.41) is 14.4. The van der Waals surface area contributed by atoms with E-state index in [-0.39, 0.29) is 34.1 Å². The van der Waals surface area contributed by atoms with Gasteiger partial charge in [-0.2, -0.15) is 13.2 Å². The molecule has 192 valence electrons. The third-order valence-corrected chi connectivity index (χ3v) is 8.35. The molecule has 3 aromatic carbocycles. The molecule has 12 heteroatoms. The Kier molecular flexibility index (Phi) is 6.15. The Balaban J connectivity index is 1.49. The van der Waals surface area contributed by atoms with E-state index in [0.717, 1.165) is 12.1 Å². The van der Waals surface area contributed by atoms with Crippen molar-refractivity contribution in [2.75, 3.05) is 10.0 Å². The van der Waals surface area contributed by atoms with Crippen molar-refractivity contribution in [3.8, 4) is 0 Å². The normalized spacial score (nSPS) is 20.6. The van der Waals surface area contributed by atoms with Crippen molar-refractivity contribution < 1.29 is 26.5 Å². The summed E-state index contributed by atoms with van der Waals surface area (Å²) >= 11 is 5.64. The standard InChI is InChI=1S/C25H19ClF3N3O4S/c26-21-10-8-14(12-20(21)25(27,28)29)31-37(35,36)15-9-11-22-19(13-15)16-5-3-6-17(16)24(30-22)18-4-1-2-7-23(18)32(33)34/h1-5,7-13,16-17,24,30-31H,6H2/t16-,17+,24-/m0/s1. The molecule has 2 aliphatic rings. The molecule has 0 saturated heterocycles. The van der Waals surface area contributed by atoms with E-state index in [0.29, 0.717) is 29.3 Å². The number of hydrogen-bond acceptors (Lipinski definition) is 5. The van der Waals surface area contributed by atoms with Gasteiger partial charge in [-0.15, -0.1) is 0 Å². The van der Waals surface area contributed by atoms with E-state index in [1.165, 1.54) is 18.2 Å². The first-order chi connectivity index (χ1) is 17.5. The van der Waals surface area contributed by atoms with Crippen LogP contribution in [0.25, 0.3) is 0 Å². The number of alkyl halides is 3. The zero-order chi connectivity index (χ0) is 26.5. The van der Waals surface area contributed by atoms with Gasteiger partial charge in [-0.3, -0.25) is 14.8 Å². The minimum absolute atomic E-state index is 0.00121. The number of sulfonamides is 1. The summed E-state index contributed by atoms with van der Waals surface area (Å²) in [4.78, 5) is 11.1. The lowest BCUT2D eigenvalue weighted by molar-refractivity contribution is -0.385. The van der Waals surface area contributed by atoms with Crippen molar-refractivity contribution in [2.45, 2.75) is 29.5 Å². The number of nitro benzene ring substituents is 1. The number of halogens is 4. The predicted molar refractivity (Wildman–Crippen MR) is 133 cm³/mol. The summed E-state index contributed by atoms with van der Waals surface area (Å²) in [7, 11) is -4.24. The summed E-state index contributed by atoms with van der Waals surface area (Å²) < 4.78 is 68.0. The molecule has 3 atom stereocenters. The highest BCUT2D eigenvalue weighted by atomic mass is 35.5. The highest BCUT2D eigenvalue weighted by Crippen LogP contribution is 2.51. The van der Waals surface area contributed by atoms with Crippen LogP contribution in [0.3, 0.4) is 0 Å². The van der Waals surface area contributed by atoms with Crippen LogP contribution in [0.4, 0.5) is 30.2 Å². The summed E-state index contributed by atoms with van der Waals surface area (Å²) in [5.41, 5.74) is 0.424. The lowest BCUT2D eigenvalue weighted by Gasteiger charge is -2.37. The molecule has 2 N–H and O–H groups in total. The van der Waals surface area contributed by atoms with E-state index < -0.39 is 31.7 Å². The maximum atomic E-state index is 13.2. The number of allylic oxidation sites excluding steroid dienone is 2. The van der Waals surface area contributed by atoms with Crippen LogP contribution in [-0.2, 0) is 16.2 Å². The molecule has 0 saturated carbocycles. The first-order valence-corrected chi connectivity index (χ1v) is 13.0. The quantitative estimate of drug-likeness (QED) is 0.205. The topological polar surface area (TPSA) is 101 Å². The summed E-state index contributed by atoms with van der Waals surface area (Å²) in [6, 6.07) is 13.3. The van der Waals surface area contributed by atoms with Gasteiger partial charge in [0.2, 0.25) is 0 Å². The number of para-hydroxylation sites is 1. The van der Waals surface area contributed by atoms with E-state index in [9.17, 15) is 31.7 Å². The molecule has 0 amide bonds. The molecule has 0 radical (unpaired) electrons. The molecule has 1 heterocycles. The summed E-state index contributed by atoms with van der Waals surface area (Å²) in [5.74, 6) is -0.298. The molecule has 5 rings (SSSR count). The number of nitrogens with zero attached hydrogens (tertiary/aromatic N) is 1. The van der Waals surface area contributed by atoms with E-state index in [2.05, 4.69) is 10.0 Å². The van der Waals surface area contributed by atoms with Crippen LogP contribution < -0.4 is 10.0 Å². The van der Waals surface area contributed by atoms with E-state index in [1.54, 1.807) is 24.3 Å². The number of nitro groups is 1. The molecule has 0 spiro atoms. The Bertz CT molecular complexity index is 1540. The van der Waals surface area contributed by atoms with Crippen molar-refractivity contribution in [1.29, 1.82) is 0 Å². The van der Waals surface area contributed by atoms with Crippen LogP contribution in [0.2, 0.25) is 5.02 Å². The molecule has 0 bridgehead atoms. The number of benzene rings is 3. The Labute approximate surface area is 215 Å². The second-order valence-electron chi connectivity index (χ2n) is 8.84. The second kappa shape index (κ2) is 9.07. The lowest BCUT2D eigenvalue weighted by Crippen LogP contribution is -2.30. The fraction of sp³-hybridized carbons (Fsp3) is 0.200. The average molecular weight is 550 g/mol.